The molecule has 1 aliphatic rings. The molecule has 102 valence electrons. The molecule has 6 nitrogen and oxygen atoms in total. The Labute approximate surface area is 103 Å². The van der Waals surface area contributed by atoms with E-state index < -0.39 is 15.8 Å². The van der Waals surface area contributed by atoms with Crippen molar-refractivity contribution in [2.75, 3.05) is 33.4 Å². The lowest BCUT2D eigenvalue weighted by molar-refractivity contribution is 0.0312. The quantitative estimate of drug-likeness (QED) is 0.663. The Morgan fingerprint density at radius 2 is 2.24 bits per heavy atom. The van der Waals surface area contributed by atoms with Gasteiger partial charge in [0.25, 0.3) is 10.2 Å². The smallest absolute Gasteiger partial charge is 0.279 e. The molecule has 1 aliphatic heterocycles. The Morgan fingerprint density at radius 1 is 1.53 bits per heavy atom. The van der Waals surface area contributed by atoms with E-state index in [9.17, 15) is 13.5 Å². The molecule has 1 unspecified atom stereocenters. The van der Waals surface area contributed by atoms with Crippen LogP contribution in [0, 0.1) is 0 Å². The highest BCUT2D eigenvalue weighted by molar-refractivity contribution is 7.87. The van der Waals surface area contributed by atoms with E-state index in [1.807, 2.05) is 6.92 Å². The zero-order valence-electron chi connectivity index (χ0n) is 10.5. The molecule has 1 saturated heterocycles. The van der Waals surface area contributed by atoms with Gasteiger partial charge in [-0.3, -0.25) is 0 Å². The average molecular weight is 266 g/mol. The van der Waals surface area contributed by atoms with E-state index >= 15 is 0 Å². The van der Waals surface area contributed by atoms with Gasteiger partial charge in [-0.25, -0.2) is 0 Å². The van der Waals surface area contributed by atoms with Crippen molar-refractivity contribution >= 4 is 10.2 Å². The van der Waals surface area contributed by atoms with Crippen LogP contribution in [-0.4, -0.2) is 56.8 Å². The summed E-state index contributed by atoms with van der Waals surface area (Å²) in [5.41, 5.74) is -1.06. The standard InChI is InChI=1S/C10H22N2O4S/c1-3-4-6-12(2)17(14,15)11-8-10(13)5-7-16-9-10/h11,13H,3-9H2,1-2H3. The van der Waals surface area contributed by atoms with Crippen LogP contribution in [0.15, 0.2) is 0 Å². The predicted octanol–water partition coefficient (Wildman–Crippen LogP) is -0.296. The lowest BCUT2D eigenvalue weighted by Crippen LogP contribution is -2.47. The summed E-state index contributed by atoms with van der Waals surface area (Å²) in [5.74, 6) is 0. The van der Waals surface area contributed by atoms with Crippen LogP contribution in [0.4, 0.5) is 0 Å². The fourth-order valence-electron chi connectivity index (χ4n) is 1.57. The molecule has 1 atom stereocenters. The molecule has 1 fully saturated rings. The third-order valence-corrected chi connectivity index (χ3v) is 4.42. The van der Waals surface area contributed by atoms with Crippen LogP contribution in [0.25, 0.3) is 0 Å². The fourth-order valence-corrected chi connectivity index (χ4v) is 2.61. The number of nitrogens with one attached hydrogen (secondary N) is 1. The van der Waals surface area contributed by atoms with Gasteiger partial charge in [-0.1, -0.05) is 13.3 Å². The van der Waals surface area contributed by atoms with Crippen molar-refractivity contribution in [3.05, 3.63) is 0 Å². The van der Waals surface area contributed by atoms with Crippen LogP contribution >= 0.6 is 0 Å². The van der Waals surface area contributed by atoms with E-state index in [4.69, 9.17) is 4.74 Å². The van der Waals surface area contributed by atoms with E-state index in [1.54, 1.807) is 0 Å². The monoisotopic (exact) mass is 266 g/mol. The molecule has 0 radical (unpaired) electrons. The fraction of sp³-hybridized carbons (Fsp3) is 1.00. The van der Waals surface area contributed by atoms with E-state index in [1.165, 1.54) is 11.4 Å². The maximum Gasteiger partial charge on any atom is 0.279 e. The summed E-state index contributed by atoms with van der Waals surface area (Å²) >= 11 is 0. The number of hydrogen-bond donors (Lipinski definition) is 2. The van der Waals surface area contributed by atoms with Gasteiger partial charge in [-0.15, -0.1) is 0 Å². The van der Waals surface area contributed by atoms with Crippen LogP contribution in [0.5, 0.6) is 0 Å². The Balaban J connectivity index is 2.43. The van der Waals surface area contributed by atoms with Gasteiger partial charge >= 0.3 is 0 Å². The van der Waals surface area contributed by atoms with Crippen LogP contribution in [0.3, 0.4) is 0 Å². The minimum Gasteiger partial charge on any atom is -0.386 e. The van der Waals surface area contributed by atoms with Gasteiger partial charge in [-0.05, 0) is 6.42 Å². The van der Waals surface area contributed by atoms with Crippen molar-refractivity contribution in [2.45, 2.75) is 31.8 Å². The number of ether oxygens (including phenoxy) is 1. The second-order valence-corrected chi connectivity index (χ2v) is 6.39. The van der Waals surface area contributed by atoms with E-state index in [-0.39, 0.29) is 13.2 Å². The summed E-state index contributed by atoms with van der Waals surface area (Å²) < 4.78 is 32.3. The van der Waals surface area contributed by atoms with Gasteiger partial charge in [0, 0.05) is 33.2 Å². The molecule has 7 heteroatoms. The Kier molecular flexibility index (Phi) is 5.33. The first kappa shape index (κ1) is 14.8. The lowest BCUT2D eigenvalue weighted by atomic mass is 10.1. The summed E-state index contributed by atoms with van der Waals surface area (Å²) in [6, 6.07) is 0. The Bertz CT molecular complexity index is 325. The van der Waals surface area contributed by atoms with E-state index in [2.05, 4.69) is 4.72 Å². The molecule has 2 N–H and O–H groups in total. The first-order chi connectivity index (χ1) is 7.90. The molecule has 17 heavy (non-hydrogen) atoms. The number of rotatable bonds is 7. The zero-order valence-corrected chi connectivity index (χ0v) is 11.3. The normalized spacial score (nSPS) is 25.6. The molecule has 1 heterocycles. The maximum atomic E-state index is 11.8. The predicted molar refractivity (Wildman–Crippen MR) is 64.8 cm³/mol. The minimum absolute atomic E-state index is 0.00575. The third kappa shape index (κ3) is 4.51. The van der Waals surface area contributed by atoms with Gasteiger partial charge in [0.15, 0.2) is 0 Å². The number of hydrogen-bond acceptors (Lipinski definition) is 4. The zero-order chi connectivity index (χ0) is 12.9. The lowest BCUT2D eigenvalue weighted by Gasteiger charge is -2.23. The van der Waals surface area contributed by atoms with Crippen molar-refractivity contribution in [1.82, 2.24) is 9.03 Å². The van der Waals surface area contributed by atoms with E-state index in [0.717, 1.165) is 12.8 Å². The molecule has 0 aromatic heterocycles. The van der Waals surface area contributed by atoms with Gasteiger partial charge in [0.1, 0.15) is 5.60 Å². The maximum absolute atomic E-state index is 11.8. The molecule has 0 bridgehead atoms. The van der Waals surface area contributed by atoms with Crippen LogP contribution < -0.4 is 4.72 Å². The van der Waals surface area contributed by atoms with Crippen molar-refractivity contribution in [1.29, 1.82) is 0 Å². The second kappa shape index (κ2) is 6.10. The van der Waals surface area contributed by atoms with Crippen LogP contribution in [0.2, 0.25) is 0 Å². The Hall–Kier alpha value is -0.210. The van der Waals surface area contributed by atoms with Crippen molar-refractivity contribution < 1.29 is 18.3 Å². The van der Waals surface area contributed by atoms with E-state index in [0.29, 0.717) is 19.6 Å². The molecule has 0 aromatic rings. The van der Waals surface area contributed by atoms with Gasteiger partial charge in [0.2, 0.25) is 0 Å². The minimum atomic E-state index is -3.49. The van der Waals surface area contributed by atoms with Crippen LogP contribution in [-0.2, 0) is 14.9 Å². The highest BCUT2D eigenvalue weighted by Gasteiger charge is 2.34. The van der Waals surface area contributed by atoms with Crippen molar-refractivity contribution in [3.63, 3.8) is 0 Å². The highest BCUT2D eigenvalue weighted by atomic mass is 32.2. The molecular formula is C10H22N2O4S. The summed E-state index contributed by atoms with van der Waals surface area (Å²) in [5, 5.41) is 9.94. The molecule has 0 amide bonds. The third-order valence-electron chi connectivity index (χ3n) is 2.90. The molecule has 0 aromatic carbocycles. The van der Waals surface area contributed by atoms with Gasteiger partial charge in [0.05, 0.1) is 6.61 Å². The summed E-state index contributed by atoms with van der Waals surface area (Å²) in [7, 11) is -1.96. The molecule has 0 aliphatic carbocycles. The molecule has 0 spiro atoms. The van der Waals surface area contributed by atoms with Crippen molar-refractivity contribution in [2.24, 2.45) is 0 Å². The highest BCUT2D eigenvalue weighted by Crippen LogP contribution is 2.17. The number of unbranched alkanes of at least 4 members (excludes halogenated alkanes) is 1. The number of aliphatic hydroxyl groups is 1. The average Bonchev–Trinajstić information content (AvgIpc) is 2.71. The second-order valence-electron chi connectivity index (χ2n) is 4.53. The molecule has 1 rings (SSSR count). The first-order valence-electron chi connectivity index (χ1n) is 5.91. The largest absolute Gasteiger partial charge is 0.386 e. The summed E-state index contributed by atoms with van der Waals surface area (Å²) in [6.07, 6.45) is 2.23. The summed E-state index contributed by atoms with van der Waals surface area (Å²) in [6.45, 7) is 3.16. The van der Waals surface area contributed by atoms with Crippen LogP contribution in [0.1, 0.15) is 26.2 Å². The number of nitrogens with zero attached hydrogens (tertiary/aromatic N) is 1. The van der Waals surface area contributed by atoms with Crippen molar-refractivity contribution in [3.8, 4) is 0 Å². The Morgan fingerprint density at radius 3 is 2.76 bits per heavy atom. The molecular weight excluding hydrogens is 244 g/mol. The SMILES string of the molecule is CCCCN(C)S(=O)(=O)NCC1(O)CCOC1. The summed E-state index contributed by atoms with van der Waals surface area (Å²) in [4.78, 5) is 0. The van der Waals surface area contributed by atoms with Gasteiger partial charge < -0.3 is 9.84 Å². The molecule has 0 saturated carbocycles. The van der Waals surface area contributed by atoms with Gasteiger partial charge in [-0.2, -0.15) is 17.4 Å². The topological polar surface area (TPSA) is 78.9 Å². The first-order valence-corrected chi connectivity index (χ1v) is 7.35.